The number of halogens is 4. The van der Waals surface area contributed by atoms with E-state index in [9.17, 15) is 18.7 Å². The summed E-state index contributed by atoms with van der Waals surface area (Å²) in [6, 6.07) is 15.7. The Morgan fingerprint density at radius 3 is 1.42 bits per heavy atom. The van der Waals surface area contributed by atoms with E-state index in [1.165, 1.54) is 0 Å². The topological polar surface area (TPSA) is 143 Å². The fourth-order valence-electron chi connectivity index (χ4n) is 3.24. The van der Waals surface area contributed by atoms with Crippen molar-refractivity contribution in [3.8, 4) is 11.5 Å². The maximum atomic E-state index is 12.2. The summed E-state index contributed by atoms with van der Waals surface area (Å²) in [6.45, 7) is 8.64. The summed E-state index contributed by atoms with van der Waals surface area (Å²) in [5.41, 5.74) is 5.33. The van der Waals surface area contributed by atoms with Crippen molar-refractivity contribution < 1.29 is 37.2 Å². The molecular formula is C31H52BCl4N2O8P2. The highest BCUT2D eigenvalue weighted by Gasteiger charge is 2.28. The van der Waals surface area contributed by atoms with Crippen LogP contribution in [-0.4, -0.2) is 45.6 Å². The third-order valence-electron chi connectivity index (χ3n) is 6.23. The van der Waals surface area contributed by atoms with Crippen molar-refractivity contribution in [2.24, 2.45) is 17.6 Å². The highest BCUT2D eigenvalue weighted by Crippen LogP contribution is 2.57. The van der Waals surface area contributed by atoms with Gasteiger partial charge in [0, 0.05) is 42.1 Å². The van der Waals surface area contributed by atoms with Crippen LogP contribution in [0.1, 0.15) is 74.7 Å². The van der Waals surface area contributed by atoms with Crippen molar-refractivity contribution in [3.63, 3.8) is 0 Å². The summed E-state index contributed by atoms with van der Waals surface area (Å²) in [6.07, 6.45) is 0.528. The van der Waals surface area contributed by atoms with Crippen molar-refractivity contribution in [3.05, 3.63) is 60.7 Å². The van der Waals surface area contributed by atoms with Crippen molar-refractivity contribution in [2.45, 2.75) is 86.7 Å². The molecule has 0 aliphatic heterocycles. The van der Waals surface area contributed by atoms with Gasteiger partial charge in [-0.3, -0.25) is 9.59 Å². The fourth-order valence-corrected chi connectivity index (χ4v) is 5.77. The van der Waals surface area contributed by atoms with Crippen molar-refractivity contribution in [2.75, 3.05) is 13.2 Å². The Morgan fingerprint density at radius 2 is 1.08 bits per heavy atom. The molecule has 48 heavy (non-hydrogen) atoms. The molecule has 2 aromatic rings. The van der Waals surface area contributed by atoms with E-state index in [-0.39, 0.29) is 34.2 Å². The average Bonchev–Trinajstić information content (AvgIpc) is 2.98. The summed E-state index contributed by atoms with van der Waals surface area (Å²) in [5, 5.41) is 2.49. The Morgan fingerprint density at radius 1 is 0.729 bits per heavy atom. The van der Waals surface area contributed by atoms with Crippen molar-refractivity contribution in [1.82, 2.24) is 5.09 Å². The zero-order valence-corrected chi connectivity index (χ0v) is 32.6. The van der Waals surface area contributed by atoms with Crippen LogP contribution in [0.15, 0.2) is 60.7 Å². The van der Waals surface area contributed by atoms with Crippen LogP contribution in [0.25, 0.3) is 0 Å². The van der Waals surface area contributed by atoms with Gasteiger partial charge in [-0.1, -0.05) is 97.2 Å². The average molecular weight is 795 g/mol. The molecule has 0 amide bonds. The summed E-state index contributed by atoms with van der Waals surface area (Å²) in [4.78, 5) is 22.8. The zero-order chi connectivity index (χ0) is 34.5. The summed E-state index contributed by atoms with van der Waals surface area (Å²) in [5.74, 6) is 0.783. The normalized spacial score (nSPS) is 12.8. The van der Waals surface area contributed by atoms with E-state index in [2.05, 4.69) is 23.5 Å². The number of esters is 2. The van der Waals surface area contributed by atoms with E-state index in [4.69, 9.17) is 53.5 Å². The van der Waals surface area contributed by atoms with Gasteiger partial charge in [0.25, 0.3) is 0 Å². The highest BCUT2D eigenvalue weighted by molar-refractivity contribution is 8.05. The standard InChI is InChI=1S/C15H23ClNO4P.C9H19NO2.C6H5Cl2O2P.CH4.B.ClH/c1-4-13(5-2)11-20-15(18)12(3)17-22(16,19)21-14-9-7-6-8-10-14;1-4-8(5-2)6-12-9(11)7(3)10;7-11(8,9)10-6-4-2-1-3-5-6;;;/h6-10,12-13H,4-5,11H2,1-3H3,(H,17,19);7-8H,4-6,10H2,1-3H3;1-5H;1H4;;1H/t12-,22?;7-;;;;/m00..../s1. The minimum atomic E-state index is -3.66. The smallest absolute Gasteiger partial charge is 0.428 e. The van der Waals surface area contributed by atoms with Gasteiger partial charge in [0.15, 0.2) is 0 Å². The van der Waals surface area contributed by atoms with Gasteiger partial charge in [-0.15, -0.1) is 12.4 Å². The second-order valence-electron chi connectivity index (χ2n) is 9.97. The molecule has 0 aliphatic carbocycles. The first kappa shape index (κ1) is 53.4. The molecule has 17 heteroatoms. The number of benzene rings is 2. The summed E-state index contributed by atoms with van der Waals surface area (Å²) in [7, 11) is 0. The van der Waals surface area contributed by atoms with Gasteiger partial charge < -0.3 is 24.3 Å². The van der Waals surface area contributed by atoms with Gasteiger partial charge in [0.1, 0.15) is 23.6 Å². The van der Waals surface area contributed by atoms with Gasteiger partial charge in [-0.2, -0.15) is 0 Å². The van der Waals surface area contributed by atoms with Crippen LogP contribution < -0.4 is 19.9 Å². The molecule has 3 N–H and O–H groups in total. The van der Waals surface area contributed by atoms with Crippen LogP contribution in [0.5, 0.6) is 11.5 Å². The molecule has 0 spiro atoms. The highest BCUT2D eigenvalue weighted by atomic mass is 35.9. The number of para-hydroxylation sites is 2. The number of rotatable bonds is 16. The number of hydrogen-bond acceptors (Lipinski definition) is 9. The van der Waals surface area contributed by atoms with Gasteiger partial charge in [-0.25, -0.2) is 14.2 Å². The molecule has 0 saturated heterocycles. The first-order chi connectivity index (χ1) is 21.1. The predicted molar refractivity (Wildman–Crippen MR) is 203 cm³/mol. The second-order valence-corrected chi connectivity index (χ2v) is 16.9. The lowest BCUT2D eigenvalue weighted by atomic mass is 10.1. The van der Waals surface area contributed by atoms with E-state index in [0.29, 0.717) is 36.5 Å². The number of hydrogen-bond donors (Lipinski definition) is 2. The molecule has 2 aromatic carbocycles. The molecule has 0 fully saturated rings. The second kappa shape index (κ2) is 29.3. The van der Waals surface area contributed by atoms with Crippen LogP contribution in [0, 0.1) is 11.8 Å². The van der Waals surface area contributed by atoms with E-state index >= 15 is 0 Å². The van der Waals surface area contributed by atoms with Crippen molar-refractivity contribution in [1.29, 1.82) is 0 Å². The molecule has 0 aliphatic rings. The third kappa shape index (κ3) is 27.4. The van der Waals surface area contributed by atoms with Crippen LogP contribution in [0.4, 0.5) is 0 Å². The number of nitrogens with one attached hydrogen (secondary N) is 1. The monoisotopic (exact) mass is 793 g/mol. The Labute approximate surface area is 310 Å². The van der Waals surface area contributed by atoms with Gasteiger partial charge >= 0.3 is 24.9 Å². The van der Waals surface area contributed by atoms with Gasteiger partial charge in [0.2, 0.25) is 0 Å². The molecule has 1 unspecified atom stereocenters. The largest absolute Gasteiger partial charge is 0.464 e. The van der Waals surface area contributed by atoms with Crippen LogP contribution in [0.3, 0.4) is 0 Å². The molecular weight excluding hydrogens is 743 g/mol. The Balaban J connectivity index is -0.000000319. The van der Waals surface area contributed by atoms with E-state index < -0.39 is 31.0 Å². The minimum absolute atomic E-state index is 0. The number of carbonyl (C=O) groups excluding carboxylic acids is 2. The zero-order valence-electron chi connectivity index (χ0n) is 27.7. The fraction of sp³-hybridized carbons (Fsp3) is 0.548. The summed E-state index contributed by atoms with van der Waals surface area (Å²) >= 11 is 16.2. The first-order valence-electron chi connectivity index (χ1n) is 14.7. The van der Waals surface area contributed by atoms with E-state index in [1.807, 2.05) is 13.8 Å². The number of ether oxygens (including phenoxy) is 2. The van der Waals surface area contributed by atoms with Crippen LogP contribution in [-0.2, 0) is 28.2 Å². The minimum Gasteiger partial charge on any atom is -0.464 e. The quantitative estimate of drug-likeness (QED) is 0.0957. The molecule has 2 rings (SSSR count). The third-order valence-corrected chi connectivity index (χ3v) is 8.70. The Hall–Kier alpha value is -1.42. The van der Waals surface area contributed by atoms with E-state index in [1.54, 1.807) is 74.5 Å². The first-order valence-corrected chi connectivity index (χ1v) is 20.7. The molecule has 275 valence electrons. The molecule has 10 nitrogen and oxygen atoms in total. The van der Waals surface area contributed by atoms with Crippen molar-refractivity contribution >= 4 is 79.4 Å². The predicted octanol–water partition coefficient (Wildman–Crippen LogP) is 10.0. The molecule has 3 atom stereocenters. The maximum absolute atomic E-state index is 12.2. The number of nitrogens with two attached hydrogens (primary N) is 1. The van der Waals surface area contributed by atoms with Gasteiger partial charge in [0.05, 0.1) is 13.2 Å². The van der Waals surface area contributed by atoms with Gasteiger partial charge in [-0.05, 0) is 49.9 Å². The summed E-state index contributed by atoms with van der Waals surface area (Å²) < 4.78 is 42.9. The van der Waals surface area contributed by atoms with E-state index in [0.717, 1.165) is 25.7 Å². The Kier molecular flexibility index (Phi) is 32.6. The maximum Gasteiger partial charge on any atom is 0.428 e. The van der Waals surface area contributed by atoms with Crippen LogP contribution in [0.2, 0.25) is 0 Å². The lowest BCUT2D eigenvalue weighted by molar-refractivity contribution is -0.147. The number of carbonyl (C=O) groups is 2. The molecule has 0 aromatic heterocycles. The SMILES string of the molecule is C.CCC(CC)COC(=O)[C@H](C)N.CCC(CC)COC(=O)[C@H](C)NP(=O)(Cl)Oc1ccccc1.Cl.O=P(Cl)(Cl)Oc1ccccc1.[B]. The lowest BCUT2D eigenvalue weighted by Crippen LogP contribution is -2.34. The molecule has 0 saturated carbocycles. The molecule has 0 heterocycles. The molecule has 3 radical (unpaired) electrons. The Bertz CT molecular complexity index is 1190. The van der Waals surface area contributed by atoms with Crippen LogP contribution >= 0.6 is 59.1 Å². The molecule has 0 bridgehead atoms. The lowest BCUT2D eigenvalue weighted by Gasteiger charge is -2.19.